The lowest BCUT2D eigenvalue weighted by Crippen LogP contribution is -2.38. The van der Waals surface area contributed by atoms with Gasteiger partial charge in [-0.1, -0.05) is 26.0 Å². The Hall–Kier alpha value is -3.10. The monoisotopic (exact) mass is 494 g/mol. The first-order valence-corrected chi connectivity index (χ1v) is 12.7. The van der Waals surface area contributed by atoms with E-state index < -0.39 is 0 Å². The molecule has 0 spiro atoms. The third-order valence-electron chi connectivity index (χ3n) is 6.30. The molecule has 0 unspecified atom stereocenters. The van der Waals surface area contributed by atoms with Gasteiger partial charge in [0.25, 0.3) is 5.56 Å². The number of aryl methyl sites for hydroxylation is 1. The Morgan fingerprint density at radius 2 is 1.80 bits per heavy atom. The summed E-state index contributed by atoms with van der Waals surface area (Å²) in [7, 11) is 0. The normalized spacial score (nSPS) is 12.7. The Kier molecular flexibility index (Phi) is 8.25. The summed E-state index contributed by atoms with van der Waals surface area (Å²) in [4.78, 5) is 20.5. The summed E-state index contributed by atoms with van der Waals surface area (Å²) in [6.45, 7) is 11.6. The average molecular weight is 495 g/mol. The fourth-order valence-electron chi connectivity index (χ4n) is 4.31. The molecule has 2 heterocycles. The summed E-state index contributed by atoms with van der Waals surface area (Å²) in [5, 5.41) is 4.88. The van der Waals surface area contributed by atoms with Crippen LogP contribution in [-0.4, -0.2) is 59.3 Å². The molecule has 1 aromatic heterocycles. The second kappa shape index (κ2) is 11.6. The minimum absolute atomic E-state index is 0.124. The number of aromatic nitrogens is 1. The van der Waals surface area contributed by atoms with Crippen LogP contribution >= 0.6 is 12.2 Å². The number of pyridine rings is 1. The van der Waals surface area contributed by atoms with Crippen molar-refractivity contribution in [2.75, 3.05) is 44.7 Å². The van der Waals surface area contributed by atoms with E-state index in [1.54, 1.807) is 0 Å². The molecule has 1 aliphatic rings. The zero-order valence-corrected chi connectivity index (χ0v) is 21.5. The van der Waals surface area contributed by atoms with Crippen molar-refractivity contribution in [3.05, 3.63) is 63.9 Å². The van der Waals surface area contributed by atoms with Gasteiger partial charge >= 0.3 is 0 Å². The van der Waals surface area contributed by atoms with Gasteiger partial charge in [0.2, 0.25) is 0 Å². The van der Waals surface area contributed by atoms with Crippen molar-refractivity contribution >= 4 is 33.9 Å². The van der Waals surface area contributed by atoms with Gasteiger partial charge in [0.1, 0.15) is 13.2 Å². The van der Waals surface area contributed by atoms with E-state index in [1.165, 1.54) is 0 Å². The van der Waals surface area contributed by atoms with Crippen LogP contribution in [0.3, 0.4) is 0 Å². The van der Waals surface area contributed by atoms with Crippen molar-refractivity contribution in [2.24, 2.45) is 0 Å². The molecule has 3 aromatic rings. The maximum atomic E-state index is 13.0. The lowest BCUT2D eigenvalue weighted by Gasteiger charge is -2.27. The zero-order chi connectivity index (χ0) is 24.8. The number of hydrogen-bond donors (Lipinski definition) is 2. The molecule has 8 heteroatoms. The van der Waals surface area contributed by atoms with Crippen molar-refractivity contribution in [2.45, 2.75) is 33.7 Å². The number of nitrogens with one attached hydrogen (secondary N) is 2. The molecule has 0 radical (unpaired) electrons. The summed E-state index contributed by atoms with van der Waals surface area (Å²) in [6.07, 6.45) is 0.946. The third kappa shape index (κ3) is 6.32. The Morgan fingerprint density at radius 1 is 1.06 bits per heavy atom. The second-order valence-corrected chi connectivity index (χ2v) is 9.20. The number of benzene rings is 2. The van der Waals surface area contributed by atoms with E-state index in [9.17, 15) is 4.79 Å². The third-order valence-corrected chi connectivity index (χ3v) is 6.66. The van der Waals surface area contributed by atoms with E-state index in [1.807, 2.05) is 30.3 Å². The number of rotatable bonds is 9. The largest absolute Gasteiger partial charge is 0.486 e. The van der Waals surface area contributed by atoms with E-state index in [0.29, 0.717) is 41.9 Å². The number of hydrogen-bond acceptors (Lipinski definition) is 5. The van der Waals surface area contributed by atoms with E-state index in [0.717, 1.165) is 54.8 Å². The number of nitrogens with zero attached hydrogens (tertiary/aromatic N) is 2. The zero-order valence-electron chi connectivity index (χ0n) is 20.7. The smallest absolute Gasteiger partial charge is 0.253 e. The van der Waals surface area contributed by atoms with E-state index in [4.69, 9.17) is 21.7 Å². The molecule has 0 fully saturated rings. The highest BCUT2D eigenvalue weighted by molar-refractivity contribution is 7.80. The average Bonchev–Trinajstić information content (AvgIpc) is 2.85. The Morgan fingerprint density at radius 3 is 2.51 bits per heavy atom. The Labute approximate surface area is 212 Å². The van der Waals surface area contributed by atoms with Crippen LogP contribution in [0.15, 0.2) is 47.3 Å². The van der Waals surface area contributed by atoms with Gasteiger partial charge in [-0.2, -0.15) is 0 Å². The first-order chi connectivity index (χ1) is 17.0. The fourth-order valence-corrected chi connectivity index (χ4v) is 4.59. The number of anilines is 1. The summed E-state index contributed by atoms with van der Waals surface area (Å²) in [5.41, 5.74) is 3.37. The predicted molar refractivity (Wildman–Crippen MR) is 146 cm³/mol. The van der Waals surface area contributed by atoms with E-state index >= 15 is 0 Å². The molecule has 0 saturated carbocycles. The van der Waals surface area contributed by atoms with Crippen LogP contribution < -0.4 is 20.3 Å². The van der Waals surface area contributed by atoms with Crippen LogP contribution in [-0.2, 0) is 6.54 Å². The highest BCUT2D eigenvalue weighted by Crippen LogP contribution is 2.33. The first kappa shape index (κ1) is 25.0. The van der Waals surface area contributed by atoms with E-state index in [-0.39, 0.29) is 5.56 Å². The standard InChI is InChI=1S/C27H34N4O3S/c1-4-30(5-2)10-7-11-31(27(35)28-22-9-6-8-19(3)14-22)18-21-15-20-16-24-25(34-13-12-33-24)17-23(20)29-26(21)32/h6,8-9,14-17H,4-5,7,10-13,18H2,1-3H3,(H,28,35)(H,29,32). The number of aromatic amines is 1. The predicted octanol–water partition coefficient (Wildman–Crippen LogP) is 4.54. The van der Waals surface area contributed by atoms with Gasteiger partial charge in [0, 0.05) is 29.2 Å². The van der Waals surface area contributed by atoms with Crippen LogP contribution in [0.4, 0.5) is 5.69 Å². The molecule has 0 bridgehead atoms. The van der Waals surface area contributed by atoms with Gasteiger partial charge in [-0.25, -0.2) is 0 Å². The molecular formula is C27H34N4O3S. The van der Waals surface area contributed by atoms with Crippen LogP contribution in [0.2, 0.25) is 0 Å². The number of fused-ring (bicyclic) bond motifs is 2. The van der Waals surface area contributed by atoms with Crippen molar-refractivity contribution in [1.29, 1.82) is 0 Å². The maximum absolute atomic E-state index is 13.0. The summed E-state index contributed by atoms with van der Waals surface area (Å²) in [6, 6.07) is 13.8. The van der Waals surface area contributed by atoms with Gasteiger partial charge in [0.05, 0.1) is 12.1 Å². The van der Waals surface area contributed by atoms with Gasteiger partial charge in [0.15, 0.2) is 16.6 Å². The van der Waals surface area contributed by atoms with Crippen molar-refractivity contribution in [3.63, 3.8) is 0 Å². The topological polar surface area (TPSA) is 69.8 Å². The molecule has 0 aliphatic carbocycles. The molecule has 0 saturated heterocycles. The van der Waals surface area contributed by atoms with Gasteiger partial charge in [-0.05, 0) is 75.0 Å². The summed E-state index contributed by atoms with van der Waals surface area (Å²) >= 11 is 5.81. The molecule has 0 atom stereocenters. The Bertz CT molecular complexity index is 1240. The van der Waals surface area contributed by atoms with Gasteiger partial charge in [-0.15, -0.1) is 0 Å². The van der Waals surface area contributed by atoms with Gasteiger partial charge < -0.3 is 29.6 Å². The highest BCUT2D eigenvalue weighted by Gasteiger charge is 2.17. The molecule has 1 aliphatic heterocycles. The van der Waals surface area contributed by atoms with Crippen molar-refractivity contribution < 1.29 is 9.47 Å². The quantitative estimate of drug-likeness (QED) is 0.423. The molecule has 7 nitrogen and oxygen atoms in total. The second-order valence-electron chi connectivity index (χ2n) is 8.81. The molecule has 4 rings (SSSR count). The van der Waals surface area contributed by atoms with Crippen LogP contribution in [0.5, 0.6) is 11.5 Å². The summed E-state index contributed by atoms with van der Waals surface area (Å²) in [5.74, 6) is 1.36. The van der Waals surface area contributed by atoms with Gasteiger partial charge in [-0.3, -0.25) is 4.79 Å². The number of thiocarbonyl (C=S) groups is 1. The van der Waals surface area contributed by atoms with Crippen LogP contribution in [0, 0.1) is 6.92 Å². The molecular weight excluding hydrogens is 460 g/mol. The minimum atomic E-state index is -0.124. The van der Waals surface area contributed by atoms with Crippen molar-refractivity contribution in [1.82, 2.24) is 14.8 Å². The minimum Gasteiger partial charge on any atom is -0.486 e. The highest BCUT2D eigenvalue weighted by atomic mass is 32.1. The van der Waals surface area contributed by atoms with Crippen LogP contribution in [0.1, 0.15) is 31.4 Å². The summed E-state index contributed by atoms with van der Waals surface area (Å²) < 4.78 is 11.4. The first-order valence-electron chi connectivity index (χ1n) is 12.3. The Balaban J connectivity index is 1.57. The number of H-pyrrole nitrogens is 1. The molecule has 0 amide bonds. The van der Waals surface area contributed by atoms with E-state index in [2.05, 4.69) is 53.0 Å². The molecule has 2 N–H and O–H groups in total. The van der Waals surface area contributed by atoms with Crippen LogP contribution in [0.25, 0.3) is 10.9 Å². The molecule has 2 aromatic carbocycles. The SMILES string of the molecule is CCN(CC)CCCN(Cc1cc2cc3c(cc2[nH]c1=O)OCCO3)C(=S)Nc1cccc(C)c1. The fraction of sp³-hybridized carbons (Fsp3) is 0.407. The lowest BCUT2D eigenvalue weighted by molar-refractivity contribution is 0.172. The maximum Gasteiger partial charge on any atom is 0.253 e. The van der Waals surface area contributed by atoms with Crippen molar-refractivity contribution in [3.8, 4) is 11.5 Å². The molecule has 35 heavy (non-hydrogen) atoms. The number of ether oxygens (including phenoxy) is 2. The lowest BCUT2D eigenvalue weighted by atomic mass is 10.1. The molecule has 186 valence electrons.